The summed E-state index contributed by atoms with van der Waals surface area (Å²) in [6.07, 6.45) is 1.77. The number of methoxy groups -OCH3 is 1. The third kappa shape index (κ3) is 8.79. The van der Waals surface area contributed by atoms with Crippen LogP contribution in [0.1, 0.15) is 45.6 Å². The van der Waals surface area contributed by atoms with Gasteiger partial charge in [-0.2, -0.15) is 0 Å². The summed E-state index contributed by atoms with van der Waals surface area (Å²) in [6.45, 7) is 5.66. The Hall–Kier alpha value is -2.49. The van der Waals surface area contributed by atoms with Gasteiger partial charge >= 0.3 is 0 Å². The first-order valence-electron chi connectivity index (χ1n) is 12.0. The van der Waals surface area contributed by atoms with E-state index in [4.69, 9.17) is 27.9 Å². The number of halogens is 2. The topological polar surface area (TPSA) is 96.0 Å². The molecule has 0 aliphatic rings. The molecule has 0 aliphatic carbocycles. The van der Waals surface area contributed by atoms with Crippen LogP contribution in [0.3, 0.4) is 0 Å². The van der Waals surface area contributed by atoms with Gasteiger partial charge in [-0.25, -0.2) is 8.42 Å². The summed E-state index contributed by atoms with van der Waals surface area (Å²) in [5.41, 5.74) is 1.02. The van der Waals surface area contributed by atoms with E-state index in [1.807, 2.05) is 20.8 Å². The fourth-order valence-corrected chi connectivity index (χ4v) is 5.39. The minimum atomic E-state index is -3.59. The first kappa shape index (κ1) is 30.7. The van der Waals surface area contributed by atoms with E-state index < -0.39 is 16.1 Å². The zero-order chi connectivity index (χ0) is 27.8. The zero-order valence-corrected chi connectivity index (χ0v) is 24.2. The third-order valence-electron chi connectivity index (χ3n) is 5.72. The van der Waals surface area contributed by atoms with Crippen molar-refractivity contribution in [3.8, 4) is 5.75 Å². The highest BCUT2D eigenvalue weighted by atomic mass is 35.5. The number of amides is 2. The predicted molar refractivity (Wildman–Crippen MR) is 149 cm³/mol. The van der Waals surface area contributed by atoms with Crippen molar-refractivity contribution >= 4 is 50.7 Å². The monoisotopic (exact) mass is 571 g/mol. The number of sulfonamides is 1. The molecule has 11 heteroatoms. The Morgan fingerprint density at radius 2 is 1.65 bits per heavy atom. The van der Waals surface area contributed by atoms with Crippen molar-refractivity contribution in [2.24, 2.45) is 0 Å². The fraction of sp³-hybridized carbons (Fsp3) is 0.462. The van der Waals surface area contributed by atoms with Crippen LogP contribution in [-0.4, -0.2) is 57.1 Å². The Bertz CT molecular complexity index is 1150. The largest absolute Gasteiger partial charge is 0.497 e. The van der Waals surface area contributed by atoms with Crippen LogP contribution in [-0.2, 0) is 26.2 Å². The maximum Gasteiger partial charge on any atom is 0.243 e. The van der Waals surface area contributed by atoms with Crippen LogP contribution in [0, 0.1) is 0 Å². The number of nitrogens with one attached hydrogen (secondary N) is 1. The quantitative estimate of drug-likeness (QED) is 0.369. The number of hydrogen-bond acceptors (Lipinski definition) is 5. The predicted octanol–water partition coefficient (Wildman–Crippen LogP) is 4.88. The van der Waals surface area contributed by atoms with E-state index in [9.17, 15) is 18.0 Å². The van der Waals surface area contributed by atoms with E-state index in [0.29, 0.717) is 33.5 Å². The lowest BCUT2D eigenvalue weighted by Gasteiger charge is -2.32. The van der Waals surface area contributed by atoms with Crippen molar-refractivity contribution in [3.63, 3.8) is 0 Å². The highest BCUT2D eigenvalue weighted by molar-refractivity contribution is 7.92. The van der Waals surface area contributed by atoms with Crippen LogP contribution in [0.25, 0.3) is 0 Å². The highest BCUT2D eigenvalue weighted by Gasteiger charge is 2.30. The van der Waals surface area contributed by atoms with Crippen LogP contribution in [0.2, 0.25) is 10.0 Å². The average Bonchev–Trinajstić information content (AvgIpc) is 2.82. The van der Waals surface area contributed by atoms with E-state index in [1.165, 1.54) is 16.3 Å². The molecule has 2 aromatic carbocycles. The molecule has 8 nitrogen and oxygen atoms in total. The lowest BCUT2D eigenvalue weighted by Crippen LogP contribution is -2.50. The summed E-state index contributed by atoms with van der Waals surface area (Å²) >= 11 is 12.7. The van der Waals surface area contributed by atoms with E-state index >= 15 is 0 Å². The molecule has 0 heterocycles. The Labute approximate surface area is 229 Å². The van der Waals surface area contributed by atoms with Crippen LogP contribution in [0.5, 0.6) is 5.75 Å². The molecule has 0 spiro atoms. The highest BCUT2D eigenvalue weighted by Crippen LogP contribution is 2.28. The van der Waals surface area contributed by atoms with E-state index in [0.717, 1.165) is 6.26 Å². The number of nitrogens with zero attached hydrogens (tertiary/aromatic N) is 2. The summed E-state index contributed by atoms with van der Waals surface area (Å²) in [4.78, 5) is 27.9. The Kier molecular flexibility index (Phi) is 11.5. The maximum atomic E-state index is 13.5. The van der Waals surface area contributed by atoms with Gasteiger partial charge < -0.3 is 15.0 Å². The molecule has 0 aromatic heterocycles. The van der Waals surface area contributed by atoms with Crippen molar-refractivity contribution in [1.29, 1.82) is 0 Å². The van der Waals surface area contributed by atoms with Gasteiger partial charge in [-0.3, -0.25) is 13.9 Å². The van der Waals surface area contributed by atoms with Crippen LogP contribution in [0.4, 0.5) is 5.69 Å². The molecule has 204 valence electrons. The number of hydrogen-bond donors (Lipinski definition) is 1. The molecule has 1 atom stereocenters. The van der Waals surface area contributed by atoms with E-state index in [1.54, 1.807) is 42.5 Å². The Morgan fingerprint density at radius 3 is 2.14 bits per heavy atom. The SMILES string of the molecule is CC[C@H](C(=O)NC(C)C)N(Cc1c(Cl)cccc1Cl)C(=O)CCCN(c1ccc(OC)cc1)S(C)(=O)=O. The number of carbonyl (C=O) groups is 2. The van der Waals surface area contributed by atoms with E-state index in [-0.39, 0.29) is 43.8 Å². The molecule has 0 aliphatic heterocycles. The second kappa shape index (κ2) is 13.9. The number of ether oxygens (including phenoxy) is 1. The molecule has 0 fully saturated rings. The molecule has 2 amide bonds. The van der Waals surface area contributed by atoms with Crippen LogP contribution in [0.15, 0.2) is 42.5 Å². The van der Waals surface area contributed by atoms with Gasteiger partial charge in [0.1, 0.15) is 11.8 Å². The summed E-state index contributed by atoms with van der Waals surface area (Å²) in [5, 5.41) is 3.66. The van der Waals surface area contributed by atoms with Gasteiger partial charge in [0, 0.05) is 41.2 Å². The molecule has 2 rings (SSSR count). The average molecular weight is 573 g/mol. The van der Waals surface area contributed by atoms with Crippen molar-refractivity contribution < 1.29 is 22.7 Å². The van der Waals surface area contributed by atoms with Crippen molar-refractivity contribution in [1.82, 2.24) is 10.2 Å². The lowest BCUT2D eigenvalue weighted by molar-refractivity contribution is -0.141. The number of anilines is 1. The van der Waals surface area contributed by atoms with Gasteiger partial charge in [0.2, 0.25) is 21.8 Å². The van der Waals surface area contributed by atoms with Gasteiger partial charge in [-0.1, -0.05) is 36.2 Å². The van der Waals surface area contributed by atoms with Gasteiger partial charge in [0.15, 0.2) is 0 Å². The molecule has 37 heavy (non-hydrogen) atoms. The fourth-order valence-electron chi connectivity index (χ4n) is 3.91. The van der Waals surface area contributed by atoms with Gasteiger partial charge in [-0.05, 0) is 63.1 Å². The molecule has 0 bridgehead atoms. The lowest BCUT2D eigenvalue weighted by atomic mass is 10.1. The first-order chi connectivity index (χ1) is 17.4. The number of carbonyl (C=O) groups excluding carboxylic acids is 2. The third-order valence-corrected chi connectivity index (χ3v) is 7.62. The minimum Gasteiger partial charge on any atom is -0.497 e. The van der Waals surface area contributed by atoms with Crippen LogP contribution < -0.4 is 14.4 Å². The smallest absolute Gasteiger partial charge is 0.243 e. The molecule has 1 N–H and O–H groups in total. The maximum absolute atomic E-state index is 13.5. The molecule has 0 radical (unpaired) electrons. The zero-order valence-electron chi connectivity index (χ0n) is 21.8. The Morgan fingerprint density at radius 1 is 1.05 bits per heavy atom. The van der Waals surface area contributed by atoms with Crippen molar-refractivity contribution in [2.75, 3.05) is 24.2 Å². The molecule has 0 saturated heterocycles. The molecule has 0 saturated carbocycles. The summed E-state index contributed by atoms with van der Waals surface area (Å²) in [7, 11) is -2.07. The second-order valence-electron chi connectivity index (χ2n) is 8.95. The molecular weight excluding hydrogens is 537 g/mol. The van der Waals surface area contributed by atoms with Gasteiger partial charge in [-0.15, -0.1) is 0 Å². The van der Waals surface area contributed by atoms with Gasteiger partial charge in [0.05, 0.1) is 19.1 Å². The van der Waals surface area contributed by atoms with Gasteiger partial charge in [0.25, 0.3) is 0 Å². The van der Waals surface area contributed by atoms with Crippen LogP contribution >= 0.6 is 23.2 Å². The molecule has 2 aromatic rings. The van der Waals surface area contributed by atoms with E-state index in [2.05, 4.69) is 5.32 Å². The Balaban J connectivity index is 2.26. The summed E-state index contributed by atoms with van der Waals surface area (Å²) in [5.74, 6) is 0.0291. The van der Waals surface area contributed by atoms with Crippen molar-refractivity contribution in [2.45, 2.75) is 58.7 Å². The normalized spacial score (nSPS) is 12.2. The standard InChI is InChI=1S/C26H35Cl2N3O5S/c1-6-24(26(33)29-18(2)3)30(17-21-22(27)9-7-10-23(21)28)25(32)11-8-16-31(37(5,34)35)19-12-14-20(36-4)15-13-19/h7,9-10,12-15,18,24H,6,8,11,16-17H2,1-5H3,(H,29,33)/t24-/m1/s1. The molecular formula is C26H35Cl2N3O5S. The minimum absolute atomic E-state index is 0.0235. The first-order valence-corrected chi connectivity index (χ1v) is 14.6. The number of benzene rings is 2. The van der Waals surface area contributed by atoms with Crippen molar-refractivity contribution in [3.05, 3.63) is 58.1 Å². The molecule has 0 unspecified atom stereocenters. The summed E-state index contributed by atoms with van der Waals surface area (Å²) in [6, 6.07) is 10.9. The second-order valence-corrected chi connectivity index (χ2v) is 11.7. The summed E-state index contributed by atoms with van der Waals surface area (Å²) < 4.78 is 31.3. The number of rotatable bonds is 13.